The third-order valence-electron chi connectivity index (χ3n) is 5.82. The zero-order chi connectivity index (χ0) is 22.6. The van der Waals surface area contributed by atoms with Crippen molar-refractivity contribution in [1.82, 2.24) is 15.1 Å². The van der Waals surface area contributed by atoms with Gasteiger partial charge in [-0.05, 0) is 55.5 Å². The summed E-state index contributed by atoms with van der Waals surface area (Å²) in [6.07, 6.45) is 5.39. The average molecular weight is 458 g/mol. The number of nitrogens with zero attached hydrogens (tertiary/aromatic N) is 2. The summed E-state index contributed by atoms with van der Waals surface area (Å²) in [4.78, 5) is 2.68. The number of likely N-dealkylation sites (tertiary alicyclic amines) is 1. The molecule has 3 aromatic rings. The van der Waals surface area contributed by atoms with Crippen LogP contribution in [0.25, 0.3) is 0 Å². The van der Waals surface area contributed by atoms with Crippen molar-refractivity contribution in [2.24, 2.45) is 5.92 Å². The van der Waals surface area contributed by atoms with Gasteiger partial charge >= 0.3 is 0 Å². The lowest BCUT2D eigenvalue weighted by molar-refractivity contribution is 0.163. The number of benzene rings is 2. The highest BCUT2D eigenvalue weighted by Gasteiger charge is 2.24. The number of para-hydroxylation sites is 1. The number of aromatic nitrogens is 2. The van der Waals surface area contributed by atoms with E-state index >= 15 is 0 Å². The van der Waals surface area contributed by atoms with Crippen molar-refractivity contribution < 1.29 is 17.5 Å². The molecular formula is C24H28FN3O3S. The summed E-state index contributed by atoms with van der Waals surface area (Å²) in [6, 6.07) is 14.4. The van der Waals surface area contributed by atoms with Gasteiger partial charge in [-0.25, -0.2) is 12.8 Å². The van der Waals surface area contributed by atoms with Crippen LogP contribution in [0.15, 0.2) is 59.6 Å². The number of ether oxygens (including phenoxy) is 1. The van der Waals surface area contributed by atoms with Gasteiger partial charge in [-0.15, -0.1) is 0 Å². The Bertz CT molecular complexity index is 1160. The number of H-pyrrole nitrogens is 1. The van der Waals surface area contributed by atoms with Crippen molar-refractivity contribution in [3.8, 4) is 5.75 Å². The minimum Gasteiger partial charge on any atom is -0.489 e. The number of hydrogen-bond donors (Lipinski definition) is 1. The maximum atomic E-state index is 13.4. The summed E-state index contributed by atoms with van der Waals surface area (Å²) < 4.78 is 43.4. The van der Waals surface area contributed by atoms with E-state index in [2.05, 4.69) is 21.2 Å². The Morgan fingerprint density at radius 2 is 2.06 bits per heavy atom. The van der Waals surface area contributed by atoms with Gasteiger partial charge in [0.15, 0.2) is 9.84 Å². The molecule has 1 saturated heterocycles. The Kier molecular flexibility index (Phi) is 6.91. The molecule has 1 fully saturated rings. The van der Waals surface area contributed by atoms with Crippen LogP contribution in [0.2, 0.25) is 0 Å². The first-order chi connectivity index (χ1) is 15.4. The van der Waals surface area contributed by atoms with Gasteiger partial charge in [0.25, 0.3) is 0 Å². The topological polar surface area (TPSA) is 75.3 Å². The fourth-order valence-corrected chi connectivity index (χ4v) is 5.14. The SMILES string of the molecule is CS(=O)(=O)c1cn[nH]c1C[C@@H]1CCCN(Cc2ccccc2OCc2cccc(F)c2)C1. The van der Waals surface area contributed by atoms with Crippen LogP contribution >= 0.6 is 0 Å². The van der Waals surface area contributed by atoms with Gasteiger partial charge < -0.3 is 4.74 Å². The van der Waals surface area contributed by atoms with Crippen molar-refractivity contribution in [2.75, 3.05) is 19.3 Å². The lowest BCUT2D eigenvalue weighted by Crippen LogP contribution is -2.36. The second-order valence-electron chi connectivity index (χ2n) is 8.46. The first kappa shape index (κ1) is 22.5. The number of sulfone groups is 1. The van der Waals surface area contributed by atoms with Crippen molar-refractivity contribution in [3.63, 3.8) is 0 Å². The zero-order valence-corrected chi connectivity index (χ0v) is 18.9. The summed E-state index contributed by atoms with van der Waals surface area (Å²) in [5.41, 5.74) is 2.57. The molecule has 0 spiro atoms. The van der Waals surface area contributed by atoms with Crippen molar-refractivity contribution >= 4 is 9.84 Å². The zero-order valence-electron chi connectivity index (χ0n) is 18.1. The molecule has 2 aromatic carbocycles. The van der Waals surface area contributed by atoms with Crippen LogP contribution < -0.4 is 4.74 Å². The quantitative estimate of drug-likeness (QED) is 0.554. The molecule has 0 unspecified atom stereocenters. The minimum absolute atomic E-state index is 0.268. The fourth-order valence-electron chi connectivity index (χ4n) is 4.32. The highest BCUT2D eigenvalue weighted by molar-refractivity contribution is 7.90. The van der Waals surface area contributed by atoms with Gasteiger partial charge in [0.1, 0.15) is 23.1 Å². The van der Waals surface area contributed by atoms with E-state index in [1.165, 1.54) is 24.6 Å². The summed E-state index contributed by atoms with van der Waals surface area (Å²) in [5.74, 6) is 0.881. The van der Waals surface area contributed by atoms with Crippen LogP contribution in [0, 0.1) is 11.7 Å². The third-order valence-corrected chi connectivity index (χ3v) is 6.97. The molecule has 1 aliphatic rings. The van der Waals surface area contributed by atoms with Crippen LogP contribution in [0.1, 0.15) is 29.7 Å². The van der Waals surface area contributed by atoms with Crippen molar-refractivity contribution in [3.05, 3.63) is 77.4 Å². The fraction of sp³-hybridized carbons (Fsp3) is 0.375. The van der Waals surface area contributed by atoms with Gasteiger partial charge in [-0.3, -0.25) is 10.00 Å². The third kappa shape index (κ3) is 5.75. The first-order valence-corrected chi connectivity index (χ1v) is 12.7. The predicted molar refractivity (Wildman–Crippen MR) is 121 cm³/mol. The minimum atomic E-state index is -3.29. The second kappa shape index (κ2) is 9.83. The molecule has 6 nitrogen and oxygen atoms in total. The van der Waals surface area contributed by atoms with Gasteiger partial charge in [0, 0.05) is 24.9 Å². The largest absolute Gasteiger partial charge is 0.489 e. The van der Waals surface area contributed by atoms with Crippen LogP contribution in [0.5, 0.6) is 5.75 Å². The highest BCUT2D eigenvalue weighted by Crippen LogP contribution is 2.27. The van der Waals surface area contributed by atoms with Crippen LogP contribution in [0.3, 0.4) is 0 Å². The molecule has 1 aliphatic heterocycles. The summed E-state index contributed by atoms with van der Waals surface area (Å²) in [7, 11) is -3.29. The molecule has 32 heavy (non-hydrogen) atoms. The highest BCUT2D eigenvalue weighted by atomic mass is 32.2. The molecule has 1 aromatic heterocycles. The number of piperidine rings is 1. The van der Waals surface area contributed by atoms with Gasteiger partial charge in [-0.2, -0.15) is 5.10 Å². The van der Waals surface area contributed by atoms with Gasteiger partial charge in [-0.1, -0.05) is 30.3 Å². The molecule has 8 heteroatoms. The summed E-state index contributed by atoms with van der Waals surface area (Å²) in [6.45, 7) is 2.92. The van der Waals surface area contributed by atoms with Crippen LogP contribution in [-0.4, -0.2) is 42.9 Å². The van der Waals surface area contributed by atoms with Crippen molar-refractivity contribution in [1.29, 1.82) is 0 Å². The van der Waals surface area contributed by atoms with E-state index in [0.717, 1.165) is 49.4 Å². The molecule has 170 valence electrons. The average Bonchev–Trinajstić information content (AvgIpc) is 3.22. The number of hydrogen-bond acceptors (Lipinski definition) is 5. The Balaban J connectivity index is 1.40. The van der Waals surface area contributed by atoms with E-state index in [4.69, 9.17) is 4.74 Å². The van der Waals surface area contributed by atoms with Gasteiger partial charge in [0.2, 0.25) is 0 Å². The Morgan fingerprint density at radius 3 is 2.88 bits per heavy atom. The lowest BCUT2D eigenvalue weighted by Gasteiger charge is -2.33. The molecule has 1 atom stereocenters. The molecule has 2 heterocycles. The number of halogens is 1. The van der Waals surface area contributed by atoms with Crippen LogP contribution in [-0.2, 0) is 29.4 Å². The molecule has 0 amide bonds. The number of aromatic amines is 1. The molecular weight excluding hydrogens is 429 g/mol. The van der Waals surface area contributed by atoms with Crippen LogP contribution in [0.4, 0.5) is 4.39 Å². The summed E-state index contributed by atoms with van der Waals surface area (Å²) >= 11 is 0. The van der Waals surface area contributed by atoms with E-state index in [-0.39, 0.29) is 5.82 Å². The predicted octanol–water partition coefficient (Wildman–Crippen LogP) is 3.99. The lowest BCUT2D eigenvalue weighted by atomic mass is 9.93. The van der Waals surface area contributed by atoms with E-state index in [9.17, 15) is 12.8 Å². The Hall–Kier alpha value is -2.71. The second-order valence-corrected chi connectivity index (χ2v) is 10.4. The molecule has 0 saturated carbocycles. The smallest absolute Gasteiger partial charge is 0.178 e. The maximum Gasteiger partial charge on any atom is 0.178 e. The molecule has 0 bridgehead atoms. The van der Waals surface area contributed by atoms with E-state index in [1.54, 1.807) is 6.07 Å². The summed E-state index contributed by atoms with van der Waals surface area (Å²) in [5, 5.41) is 6.82. The van der Waals surface area contributed by atoms with Gasteiger partial charge in [0.05, 0.1) is 11.9 Å². The maximum absolute atomic E-state index is 13.4. The van der Waals surface area contributed by atoms with E-state index in [0.29, 0.717) is 29.5 Å². The number of nitrogens with one attached hydrogen (secondary N) is 1. The monoisotopic (exact) mass is 457 g/mol. The Labute approximate surface area is 188 Å². The normalized spacial score (nSPS) is 17.4. The van der Waals surface area contributed by atoms with E-state index < -0.39 is 9.84 Å². The standard InChI is InChI=1S/C24H28FN3O3S/c1-32(29,30)24-14-26-27-22(24)13-18-7-5-11-28(15-18)16-20-8-2-3-10-23(20)31-17-19-6-4-9-21(25)12-19/h2-4,6,8-10,12,14,18H,5,7,11,13,15-17H2,1H3,(H,26,27)/t18-/m0/s1. The van der Waals surface area contributed by atoms with Crippen molar-refractivity contribution in [2.45, 2.75) is 37.3 Å². The molecule has 0 radical (unpaired) electrons. The Morgan fingerprint density at radius 1 is 1.22 bits per heavy atom. The molecule has 0 aliphatic carbocycles. The number of rotatable bonds is 8. The van der Waals surface area contributed by atoms with E-state index in [1.807, 2.05) is 24.3 Å². The molecule has 1 N–H and O–H groups in total. The molecule has 4 rings (SSSR count). The first-order valence-electron chi connectivity index (χ1n) is 10.8.